The number of aryl methyl sites for hydroxylation is 1. The van der Waals surface area contributed by atoms with Crippen LogP contribution in [0.25, 0.3) is 6.08 Å². The second-order valence-corrected chi connectivity index (χ2v) is 9.45. The Morgan fingerprint density at radius 3 is 2.47 bits per heavy atom. The van der Waals surface area contributed by atoms with Crippen LogP contribution in [0.4, 0.5) is 11.4 Å². The summed E-state index contributed by atoms with van der Waals surface area (Å²) in [5.41, 5.74) is 1.35. The van der Waals surface area contributed by atoms with E-state index in [1.807, 2.05) is 24.0 Å². The predicted octanol–water partition coefficient (Wildman–Crippen LogP) is 5.84. The van der Waals surface area contributed by atoms with Gasteiger partial charge in [0, 0.05) is 34.3 Å². The van der Waals surface area contributed by atoms with Gasteiger partial charge in [0.15, 0.2) is 11.2 Å². The van der Waals surface area contributed by atoms with Gasteiger partial charge in [-0.3, -0.25) is 14.9 Å². The monoisotopic (exact) mass is 494 g/mol. The summed E-state index contributed by atoms with van der Waals surface area (Å²) in [5, 5.41) is 33.0. The lowest BCUT2D eigenvalue weighted by Crippen LogP contribution is -2.44. The molecule has 0 amide bonds. The molecule has 2 aliphatic heterocycles. The first-order chi connectivity index (χ1) is 17.3. The Labute approximate surface area is 212 Å². The molecular formula is C28H19ClN4O3. The van der Waals surface area contributed by atoms with Crippen molar-refractivity contribution in [1.82, 2.24) is 0 Å². The van der Waals surface area contributed by atoms with Crippen LogP contribution in [0.2, 0.25) is 5.02 Å². The van der Waals surface area contributed by atoms with Crippen molar-refractivity contribution in [1.29, 1.82) is 10.5 Å². The molecule has 0 saturated carbocycles. The van der Waals surface area contributed by atoms with Crippen LogP contribution < -0.4 is 4.90 Å². The molecular weight excluding hydrogens is 476 g/mol. The normalized spacial score (nSPS) is 21.1. The van der Waals surface area contributed by atoms with Crippen LogP contribution in [-0.2, 0) is 0 Å². The van der Waals surface area contributed by atoms with Gasteiger partial charge in [0.05, 0.1) is 23.1 Å². The molecule has 176 valence electrons. The van der Waals surface area contributed by atoms with Crippen molar-refractivity contribution < 1.29 is 9.72 Å². The second-order valence-electron chi connectivity index (χ2n) is 9.01. The molecule has 0 N–H and O–H groups in total. The van der Waals surface area contributed by atoms with Gasteiger partial charge in [0.25, 0.3) is 5.69 Å². The number of Topliss-reactive ketones (excluding diaryl/α,β-unsaturated/α-hetero) is 1. The van der Waals surface area contributed by atoms with E-state index >= 15 is 0 Å². The van der Waals surface area contributed by atoms with Gasteiger partial charge in [-0.15, -0.1) is 0 Å². The number of nitrogens with zero attached hydrogens (tertiary/aromatic N) is 4. The van der Waals surface area contributed by atoms with E-state index in [-0.39, 0.29) is 11.5 Å². The molecule has 3 aromatic rings. The number of nitro benzene ring substituents is 1. The van der Waals surface area contributed by atoms with Crippen molar-refractivity contribution in [2.24, 2.45) is 5.41 Å². The highest BCUT2D eigenvalue weighted by molar-refractivity contribution is 6.30. The number of ketones is 1. The molecule has 0 radical (unpaired) electrons. The summed E-state index contributed by atoms with van der Waals surface area (Å²) < 4.78 is 0. The largest absolute Gasteiger partial charge is 0.351 e. The highest BCUT2D eigenvalue weighted by Crippen LogP contribution is 2.56. The van der Waals surface area contributed by atoms with Crippen LogP contribution in [0.15, 0.2) is 72.8 Å². The van der Waals surface area contributed by atoms with E-state index in [2.05, 4.69) is 12.1 Å². The Morgan fingerprint density at radius 1 is 1.08 bits per heavy atom. The highest BCUT2D eigenvalue weighted by Gasteiger charge is 2.63. The molecule has 0 bridgehead atoms. The number of carbonyl (C=O) groups excluding carboxylic acids is 1. The average molecular weight is 495 g/mol. The van der Waals surface area contributed by atoms with Crippen LogP contribution in [0, 0.1) is 45.1 Å². The fourth-order valence-corrected chi connectivity index (χ4v) is 5.54. The standard InChI is InChI=1S/C28H19ClN4O3/c1-17-5-7-18(8-6-17)27(34)26-25(20-3-2-4-22(14-20)33(35)36)28(15-30,16-31)24-12-9-19-13-21(29)10-11-23(19)32(24)26/h2-14,24-26H,1H3/t24-,25+,26+/m1/s1. The summed E-state index contributed by atoms with van der Waals surface area (Å²) >= 11 is 6.22. The number of hydrogen-bond acceptors (Lipinski definition) is 6. The molecule has 1 saturated heterocycles. The molecule has 8 heteroatoms. The van der Waals surface area contributed by atoms with Crippen LogP contribution >= 0.6 is 11.6 Å². The third-order valence-electron chi connectivity index (χ3n) is 7.01. The molecule has 1 fully saturated rings. The number of nitriles is 2. The first-order valence-electron chi connectivity index (χ1n) is 11.2. The number of hydrogen-bond donors (Lipinski definition) is 0. The number of rotatable bonds is 4. The molecule has 36 heavy (non-hydrogen) atoms. The van der Waals surface area contributed by atoms with E-state index in [9.17, 15) is 25.4 Å². The Kier molecular flexibility index (Phi) is 5.59. The molecule has 5 rings (SSSR count). The van der Waals surface area contributed by atoms with Crippen molar-refractivity contribution in [3.05, 3.63) is 110 Å². The zero-order chi connectivity index (χ0) is 25.6. The Hall–Kier alpha value is -4.46. The quantitative estimate of drug-likeness (QED) is 0.256. The zero-order valence-corrected chi connectivity index (χ0v) is 19.9. The maximum Gasteiger partial charge on any atom is 0.269 e. The first-order valence-corrected chi connectivity index (χ1v) is 11.6. The van der Waals surface area contributed by atoms with Gasteiger partial charge >= 0.3 is 0 Å². The zero-order valence-electron chi connectivity index (χ0n) is 19.1. The van der Waals surface area contributed by atoms with Crippen molar-refractivity contribution in [3.8, 4) is 12.1 Å². The fourth-order valence-electron chi connectivity index (χ4n) is 5.36. The van der Waals surface area contributed by atoms with Crippen molar-refractivity contribution in [2.45, 2.75) is 24.9 Å². The minimum atomic E-state index is -1.69. The number of carbonyl (C=O) groups is 1. The van der Waals surface area contributed by atoms with Gasteiger partial charge in [-0.25, -0.2) is 0 Å². The number of halogens is 1. The van der Waals surface area contributed by atoms with E-state index < -0.39 is 28.3 Å². The topological polar surface area (TPSA) is 111 Å². The Balaban J connectivity index is 1.79. The van der Waals surface area contributed by atoms with Gasteiger partial charge in [0.2, 0.25) is 0 Å². The summed E-state index contributed by atoms with van der Waals surface area (Å²) in [6.45, 7) is 1.91. The summed E-state index contributed by atoms with van der Waals surface area (Å²) in [6.07, 6.45) is 3.55. The lowest BCUT2D eigenvalue weighted by atomic mass is 9.69. The third-order valence-corrected chi connectivity index (χ3v) is 7.25. The summed E-state index contributed by atoms with van der Waals surface area (Å²) in [6, 6.07) is 20.9. The molecule has 2 aliphatic rings. The van der Waals surface area contributed by atoms with Gasteiger partial charge in [0.1, 0.15) is 6.04 Å². The molecule has 0 aromatic heterocycles. The lowest BCUT2D eigenvalue weighted by molar-refractivity contribution is -0.384. The highest BCUT2D eigenvalue weighted by atomic mass is 35.5. The Bertz CT molecular complexity index is 1500. The van der Waals surface area contributed by atoms with Gasteiger partial charge < -0.3 is 4.90 Å². The van der Waals surface area contributed by atoms with Crippen LogP contribution in [0.1, 0.15) is 33.0 Å². The van der Waals surface area contributed by atoms with E-state index in [4.69, 9.17) is 11.6 Å². The van der Waals surface area contributed by atoms with E-state index in [1.165, 1.54) is 18.2 Å². The minimum Gasteiger partial charge on any atom is -0.351 e. The maximum atomic E-state index is 14.2. The predicted molar refractivity (Wildman–Crippen MR) is 136 cm³/mol. The van der Waals surface area contributed by atoms with Gasteiger partial charge in [-0.1, -0.05) is 65.7 Å². The molecule has 0 aliphatic carbocycles. The maximum absolute atomic E-state index is 14.2. The number of non-ortho nitro benzene ring substituents is 1. The van der Waals surface area contributed by atoms with Crippen LogP contribution in [-0.4, -0.2) is 22.8 Å². The first kappa shape index (κ1) is 23.3. The SMILES string of the molecule is Cc1ccc(C(=O)[C@@H]2[C@H](c3cccc([N+](=O)[O-])c3)C(C#N)(C#N)[C@H]3C=Cc4cc(Cl)ccc4N23)cc1. The fraction of sp³-hybridized carbons (Fsp3) is 0.179. The number of fused-ring (bicyclic) bond motifs is 3. The number of benzene rings is 3. The summed E-state index contributed by atoms with van der Waals surface area (Å²) in [4.78, 5) is 27.0. The molecule has 3 aromatic carbocycles. The number of anilines is 1. The second kappa shape index (κ2) is 8.64. The van der Waals surface area contributed by atoms with E-state index in [0.29, 0.717) is 21.8 Å². The van der Waals surface area contributed by atoms with Gasteiger partial charge in [-0.2, -0.15) is 10.5 Å². The summed E-state index contributed by atoms with van der Waals surface area (Å²) in [7, 11) is 0. The van der Waals surface area contributed by atoms with E-state index in [1.54, 1.807) is 48.6 Å². The van der Waals surface area contributed by atoms with Crippen LogP contribution in [0.5, 0.6) is 0 Å². The Morgan fingerprint density at radius 2 is 1.81 bits per heavy atom. The lowest BCUT2D eigenvalue weighted by Gasteiger charge is -2.35. The van der Waals surface area contributed by atoms with E-state index in [0.717, 1.165) is 11.1 Å². The number of nitro groups is 1. The molecule has 3 atom stereocenters. The molecule has 0 unspecified atom stereocenters. The third kappa shape index (κ3) is 3.45. The van der Waals surface area contributed by atoms with Crippen LogP contribution in [0.3, 0.4) is 0 Å². The van der Waals surface area contributed by atoms with Crippen molar-refractivity contribution in [2.75, 3.05) is 4.90 Å². The smallest absolute Gasteiger partial charge is 0.269 e. The average Bonchev–Trinajstić information content (AvgIpc) is 3.19. The molecule has 2 heterocycles. The molecule has 7 nitrogen and oxygen atoms in total. The minimum absolute atomic E-state index is 0.175. The van der Waals surface area contributed by atoms with Crippen molar-refractivity contribution in [3.63, 3.8) is 0 Å². The van der Waals surface area contributed by atoms with Crippen molar-refractivity contribution >= 4 is 34.8 Å². The molecule has 0 spiro atoms. The van der Waals surface area contributed by atoms with Gasteiger partial charge in [-0.05, 0) is 36.2 Å². The summed E-state index contributed by atoms with van der Waals surface area (Å²) in [5.74, 6) is -1.24.